The minimum absolute atomic E-state index is 0.00469. The Morgan fingerprint density at radius 1 is 1.00 bits per heavy atom. The van der Waals surface area contributed by atoms with Crippen LogP contribution in [0.25, 0.3) is 0 Å². The monoisotopic (exact) mass is 366 g/mol. The molecule has 0 fully saturated rings. The molecule has 0 aliphatic rings. The van der Waals surface area contributed by atoms with Gasteiger partial charge in [-0.15, -0.1) is 0 Å². The lowest BCUT2D eigenvalue weighted by atomic mass is 10.2. The molecule has 142 valence electrons. The molecule has 2 unspecified atom stereocenters. The summed E-state index contributed by atoms with van der Waals surface area (Å²) in [6.45, 7) is 4.96. The van der Waals surface area contributed by atoms with Gasteiger partial charge in [-0.3, -0.25) is 0 Å². The Hall–Kier alpha value is -2.72. The number of hydrogen-bond donors (Lipinski definition) is 2. The molecule has 2 heterocycles. The van der Waals surface area contributed by atoms with Gasteiger partial charge in [-0.1, -0.05) is 0 Å². The quantitative estimate of drug-likeness (QED) is 0.663. The first-order valence-corrected chi connectivity index (χ1v) is 7.90. The van der Waals surface area contributed by atoms with Gasteiger partial charge in [0.05, 0.1) is 13.5 Å². The van der Waals surface area contributed by atoms with Crippen molar-refractivity contribution in [1.82, 2.24) is 9.97 Å². The maximum Gasteiger partial charge on any atom is 0.329 e. The van der Waals surface area contributed by atoms with Crippen LogP contribution in [0.3, 0.4) is 0 Å². The minimum Gasteiger partial charge on any atom is -0.468 e. The first-order valence-electron chi connectivity index (χ1n) is 7.90. The lowest BCUT2D eigenvalue weighted by Gasteiger charge is -2.09. The molecule has 0 aliphatic carbocycles. The van der Waals surface area contributed by atoms with Gasteiger partial charge < -0.3 is 29.8 Å². The number of hydrogen-bond acceptors (Lipinski definition) is 10. The number of carbonyl (C=O) groups is 2. The van der Waals surface area contributed by atoms with Crippen molar-refractivity contribution in [2.24, 2.45) is 11.5 Å². The summed E-state index contributed by atoms with van der Waals surface area (Å²) < 4.78 is 20.4. The van der Waals surface area contributed by atoms with Crippen LogP contribution < -0.4 is 11.5 Å². The fourth-order valence-electron chi connectivity index (χ4n) is 2.37. The molecule has 0 radical (unpaired) electrons. The van der Waals surface area contributed by atoms with Crippen LogP contribution in [0.2, 0.25) is 0 Å². The number of aromatic nitrogens is 2. The first-order chi connectivity index (χ1) is 12.2. The zero-order valence-corrected chi connectivity index (χ0v) is 15.1. The Morgan fingerprint density at radius 2 is 1.58 bits per heavy atom. The lowest BCUT2D eigenvalue weighted by Crippen LogP contribution is -2.25. The Bertz CT molecular complexity index is 797. The molecule has 0 bridgehead atoms. The summed E-state index contributed by atoms with van der Waals surface area (Å²) in [5.74, 6) is 0.309. The number of methoxy groups -OCH3 is 1. The van der Waals surface area contributed by atoms with Gasteiger partial charge in [0.2, 0.25) is 0 Å². The number of rotatable bonds is 7. The Labute approximate surface area is 149 Å². The van der Waals surface area contributed by atoms with E-state index in [0.717, 1.165) is 0 Å². The average Bonchev–Trinajstić information content (AvgIpc) is 3.14. The highest BCUT2D eigenvalue weighted by Gasteiger charge is 2.25. The van der Waals surface area contributed by atoms with Crippen molar-refractivity contribution < 1.29 is 27.9 Å². The standard InChI is InChI=1S/C16H22N4O6/c1-7-13(19-9(3)25-7)12(18)16(22)24-6-5-10-20-14(8(2)26-10)11(17)15(21)23-4/h11-12H,5-6,17-18H2,1-4H3. The van der Waals surface area contributed by atoms with Gasteiger partial charge in [-0.25, -0.2) is 19.6 Å². The summed E-state index contributed by atoms with van der Waals surface area (Å²) in [6.07, 6.45) is 0.198. The molecule has 2 aromatic rings. The van der Waals surface area contributed by atoms with Gasteiger partial charge >= 0.3 is 11.9 Å². The zero-order valence-electron chi connectivity index (χ0n) is 15.1. The average molecular weight is 366 g/mol. The molecule has 2 rings (SSSR count). The fourth-order valence-corrected chi connectivity index (χ4v) is 2.37. The van der Waals surface area contributed by atoms with E-state index in [1.807, 2.05) is 0 Å². The van der Waals surface area contributed by atoms with E-state index in [-0.39, 0.29) is 24.6 Å². The number of ether oxygens (including phenoxy) is 2. The summed E-state index contributed by atoms with van der Waals surface area (Å²) in [6, 6.07) is -2.08. The number of aryl methyl sites for hydroxylation is 3. The molecular weight excluding hydrogens is 344 g/mol. The third-order valence-electron chi connectivity index (χ3n) is 3.67. The van der Waals surface area contributed by atoms with Crippen molar-refractivity contribution in [3.8, 4) is 0 Å². The van der Waals surface area contributed by atoms with Gasteiger partial charge in [0.1, 0.15) is 41.6 Å². The second kappa shape index (κ2) is 8.11. The second-order valence-corrected chi connectivity index (χ2v) is 5.62. The molecule has 26 heavy (non-hydrogen) atoms. The molecule has 2 aromatic heterocycles. The van der Waals surface area contributed by atoms with Crippen molar-refractivity contribution >= 4 is 11.9 Å². The SMILES string of the molecule is COC(=O)C(N)c1nc(CCOC(=O)C(N)c2nc(C)oc2C)oc1C. The van der Waals surface area contributed by atoms with E-state index in [1.54, 1.807) is 20.8 Å². The number of carbonyl (C=O) groups excluding carboxylic acids is 2. The van der Waals surface area contributed by atoms with Crippen molar-refractivity contribution in [1.29, 1.82) is 0 Å². The molecule has 0 spiro atoms. The topological polar surface area (TPSA) is 157 Å². The molecule has 10 heteroatoms. The van der Waals surface area contributed by atoms with Crippen molar-refractivity contribution in [2.75, 3.05) is 13.7 Å². The summed E-state index contributed by atoms with van der Waals surface area (Å²) in [5, 5.41) is 0. The van der Waals surface area contributed by atoms with Gasteiger partial charge in [-0.2, -0.15) is 0 Å². The van der Waals surface area contributed by atoms with E-state index in [1.165, 1.54) is 7.11 Å². The summed E-state index contributed by atoms with van der Waals surface area (Å²) in [5.41, 5.74) is 12.2. The van der Waals surface area contributed by atoms with Crippen molar-refractivity contribution in [3.05, 3.63) is 34.7 Å². The number of nitrogens with two attached hydrogens (primary N) is 2. The highest BCUT2D eigenvalue weighted by atomic mass is 16.5. The zero-order chi connectivity index (χ0) is 19.4. The van der Waals surface area contributed by atoms with E-state index in [2.05, 4.69) is 14.7 Å². The van der Waals surface area contributed by atoms with Crippen molar-refractivity contribution in [2.45, 2.75) is 39.3 Å². The fraction of sp³-hybridized carbons (Fsp3) is 0.500. The van der Waals surface area contributed by atoms with Crippen LogP contribution >= 0.6 is 0 Å². The molecule has 0 aromatic carbocycles. The van der Waals surface area contributed by atoms with E-state index in [4.69, 9.17) is 25.0 Å². The highest BCUT2D eigenvalue weighted by Crippen LogP contribution is 2.19. The lowest BCUT2D eigenvalue weighted by molar-refractivity contribution is -0.145. The third-order valence-corrected chi connectivity index (χ3v) is 3.67. The first kappa shape index (κ1) is 19.6. The third kappa shape index (κ3) is 4.27. The van der Waals surface area contributed by atoms with Crippen LogP contribution in [0, 0.1) is 20.8 Å². The molecule has 0 amide bonds. The number of esters is 2. The Morgan fingerprint density at radius 3 is 2.15 bits per heavy atom. The van der Waals surface area contributed by atoms with Gasteiger partial charge in [0.25, 0.3) is 0 Å². The number of nitrogens with zero attached hydrogens (tertiary/aromatic N) is 2. The predicted molar refractivity (Wildman–Crippen MR) is 87.8 cm³/mol. The molecule has 2 atom stereocenters. The summed E-state index contributed by atoms with van der Waals surface area (Å²) in [7, 11) is 1.24. The normalized spacial score (nSPS) is 13.3. The van der Waals surface area contributed by atoms with Gasteiger partial charge in [0, 0.05) is 6.92 Å². The van der Waals surface area contributed by atoms with Crippen molar-refractivity contribution in [3.63, 3.8) is 0 Å². The predicted octanol–water partition coefficient (Wildman–Crippen LogP) is 0.546. The summed E-state index contributed by atoms with van der Waals surface area (Å²) >= 11 is 0. The van der Waals surface area contributed by atoms with Gasteiger partial charge in [-0.05, 0) is 13.8 Å². The number of oxazole rings is 2. The molecular formula is C16H22N4O6. The van der Waals surface area contributed by atoms with E-state index < -0.39 is 24.0 Å². The Kier molecular flexibility index (Phi) is 6.11. The van der Waals surface area contributed by atoms with E-state index >= 15 is 0 Å². The van der Waals surface area contributed by atoms with Crippen LogP contribution in [0.5, 0.6) is 0 Å². The molecule has 0 aliphatic heterocycles. The van der Waals surface area contributed by atoms with Crippen LogP contribution in [-0.2, 0) is 25.5 Å². The maximum atomic E-state index is 12.0. The Balaban J connectivity index is 1.92. The molecule has 0 saturated carbocycles. The minimum atomic E-state index is -1.04. The van der Waals surface area contributed by atoms with E-state index in [9.17, 15) is 9.59 Å². The molecule has 4 N–H and O–H groups in total. The molecule has 0 saturated heterocycles. The van der Waals surface area contributed by atoms with Crippen LogP contribution in [0.1, 0.15) is 46.8 Å². The maximum absolute atomic E-state index is 12.0. The van der Waals surface area contributed by atoms with Crippen LogP contribution in [0.15, 0.2) is 8.83 Å². The second-order valence-electron chi connectivity index (χ2n) is 5.62. The largest absolute Gasteiger partial charge is 0.468 e. The van der Waals surface area contributed by atoms with E-state index in [0.29, 0.717) is 23.1 Å². The molecule has 10 nitrogen and oxygen atoms in total. The van der Waals surface area contributed by atoms with Crippen LogP contribution in [0.4, 0.5) is 0 Å². The van der Waals surface area contributed by atoms with Crippen LogP contribution in [-0.4, -0.2) is 35.6 Å². The smallest absolute Gasteiger partial charge is 0.329 e. The highest BCUT2D eigenvalue weighted by molar-refractivity contribution is 5.77. The summed E-state index contributed by atoms with van der Waals surface area (Å²) in [4.78, 5) is 31.8. The van der Waals surface area contributed by atoms with Gasteiger partial charge in [0.15, 0.2) is 11.8 Å².